The van der Waals surface area contributed by atoms with Crippen molar-refractivity contribution in [3.05, 3.63) is 0 Å². The molecular formula is C14H24O4. The summed E-state index contributed by atoms with van der Waals surface area (Å²) in [7, 11) is 0. The molecule has 2 atom stereocenters. The number of carbonyl (C=O) groups excluding carboxylic acids is 2. The second-order valence-electron chi connectivity index (χ2n) is 5.03. The highest BCUT2D eigenvalue weighted by molar-refractivity contribution is 5.66. The summed E-state index contributed by atoms with van der Waals surface area (Å²) in [6.07, 6.45) is 7.93. The van der Waals surface area contributed by atoms with Crippen molar-refractivity contribution in [3.63, 3.8) is 0 Å². The largest absolute Gasteiger partial charge is 0.463 e. The molecule has 1 fully saturated rings. The van der Waals surface area contributed by atoms with Crippen molar-refractivity contribution in [1.29, 1.82) is 0 Å². The zero-order valence-electron chi connectivity index (χ0n) is 11.4. The Hall–Kier alpha value is -1.06. The molecule has 0 radical (unpaired) electrons. The van der Waals surface area contributed by atoms with E-state index < -0.39 is 0 Å². The lowest BCUT2D eigenvalue weighted by atomic mass is 9.97. The summed E-state index contributed by atoms with van der Waals surface area (Å²) >= 11 is 0. The SMILES string of the molecule is CC(=O)OC1CCCCCC(OC(C)=O)CCC1. The standard InChI is InChI=1S/C14H24O4/c1-11(15)17-13-7-4-3-5-8-14(10-6-9-13)18-12(2)16/h13-14H,3-10H2,1-2H3. The Labute approximate surface area is 109 Å². The van der Waals surface area contributed by atoms with Crippen LogP contribution in [0.2, 0.25) is 0 Å². The van der Waals surface area contributed by atoms with Gasteiger partial charge in [-0.15, -0.1) is 0 Å². The Morgan fingerprint density at radius 2 is 1.11 bits per heavy atom. The summed E-state index contributed by atoms with van der Waals surface area (Å²) in [5.41, 5.74) is 0. The van der Waals surface area contributed by atoms with Gasteiger partial charge in [0.2, 0.25) is 0 Å². The van der Waals surface area contributed by atoms with Crippen molar-refractivity contribution in [2.24, 2.45) is 0 Å². The third-order valence-corrected chi connectivity index (χ3v) is 3.27. The number of esters is 2. The molecule has 0 aromatic carbocycles. The minimum Gasteiger partial charge on any atom is -0.463 e. The van der Waals surface area contributed by atoms with E-state index >= 15 is 0 Å². The lowest BCUT2D eigenvalue weighted by molar-refractivity contribution is -0.147. The highest BCUT2D eigenvalue weighted by atomic mass is 16.5. The van der Waals surface area contributed by atoms with E-state index in [-0.39, 0.29) is 24.1 Å². The fraction of sp³-hybridized carbons (Fsp3) is 0.857. The zero-order valence-corrected chi connectivity index (χ0v) is 11.4. The van der Waals surface area contributed by atoms with Crippen molar-refractivity contribution >= 4 is 11.9 Å². The van der Waals surface area contributed by atoms with E-state index in [9.17, 15) is 9.59 Å². The van der Waals surface area contributed by atoms with Crippen LogP contribution in [0.25, 0.3) is 0 Å². The van der Waals surface area contributed by atoms with Crippen LogP contribution in [0.1, 0.15) is 65.2 Å². The number of rotatable bonds is 2. The summed E-state index contributed by atoms with van der Waals surface area (Å²) in [6, 6.07) is 0. The minimum atomic E-state index is -0.200. The molecule has 0 aromatic heterocycles. The van der Waals surface area contributed by atoms with Crippen molar-refractivity contribution in [2.75, 3.05) is 0 Å². The topological polar surface area (TPSA) is 52.6 Å². The molecule has 0 saturated heterocycles. The van der Waals surface area contributed by atoms with Crippen LogP contribution in [0.4, 0.5) is 0 Å². The van der Waals surface area contributed by atoms with Gasteiger partial charge in [-0.3, -0.25) is 9.59 Å². The maximum atomic E-state index is 11.0. The molecule has 104 valence electrons. The van der Waals surface area contributed by atoms with E-state index in [4.69, 9.17) is 9.47 Å². The molecule has 1 aliphatic rings. The molecule has 1 rings (SSSR count). The molecule has 1 saturated carbocycles. The van der Waals surface area contributed by atoms with Crippen LogP contribution in [0, 0.1) is 0 Å². The Kier molecular flexibility index (Phi) is 6.76. The van der Waals surface area contributed by atoms with Gasteiger partial charge >= 0.3 is 11.9 Å². The Bertz CT molecular complexity index is 249. The molecule has 2 unspecified atom stereocenters. The fourth-order valence-corrected chi connectivity index (χ4v) is 2.49. The molecule has 0 spiro atoms. The first-order valence-corrected chi connectivity index (χ1v) is 6.92. The molecule has 0 amide bonds. The van der Waals surface area contributed by atoms with E-state index in [0.717, 1.165) is 51.4 Å². The predicted octanol–water partition coefficient (Wildman–Crippen LogP) is 2.98. The van der Waals surface area contributed by atoms with Gasteiger partial charge in [-0.05, 0) is 44.9 Å². The van der Waals surface area contributed by atoms with Crippen molar-refractivity contribution in [3.8, 4) is 0 Å². The van der Waals surface area contributed by atoms with E-state index in [0.29, 0.717) is 0 Å². The highest BCUT2D eigenvalue weighted by Gasteiger charge is 2.17. The van der Waals surface area contributed by atoms with Crippen LogP contribution in [-0.2, 0) is 19.1 Å². The quantitative estimate of drug-likeness (QED) is 0.713. The predicted molar refractivity (Wildman–Crippen MR) is 68.0 cm³/mol. The van der Waals surface area contributed by atoms with Crippen LogP contribution in [0.15, 0.2) is 0 Å². The number of hydrogen-bond donors (Lipinski definition) is 0. The third kappa shape index (κ3) is 6.62. The van der Waals surface area contributed by atoms with Gasteiger partial charge in [-0.2, -0.15) is 0 Å². The monoisotopic (exact) mass is 256 g/mol. The van der Waals surface area contributed by atoms with Crippen molar-refractivity contribution in [2.45, 2.75) is 77.4 Å². The first-order chi connectivity index (χ1) is 8.58. The maximum absolute atomic E-state index is 11.0. The van der Waals surface area contributed by atoms with E-state index in [1.807, 2.05) is 0 Å². The van der Waals surface area contributed by atoms with Gasteiger partial charge in [0, 0.05) is 13.8 Å². The summed E-state index contributed by atoms with van der Waals surface area (Å²) < 4.78 is 10.6. The van der Waals surface area contributed by atoms with Gasteiger partial charge in [-0.1, -0.05) is 6.42 Å². The van der Waals surface area contributed by atoms with Crippen LogP contribution in [0.5, 0.6) is 0 Å². The fourth-order valence-electron chi connectivity index (χ4n) is 2.49. The average Bonchev–Trinajstić information content (AvgIpc) is 2.26. The second kappa shape index (κ2) is 8.11. The summed E-state index contributed by atoms with van der Waals surface area (Å²) in [5.74, 6) is -0.401. The maximum Gasteiger partial charge on any atom is 0.302 e. The lowest BCUT2D eigenvalue weighted by Crippen LogP contribution is -2.21. The van der Waals surface area contributed by atoms with Gasteiger partial charge in [-0.25, -0.2) is 0 Å². The molecule has 0 N–H and O–H groups in total. The van der Waals surface area contributed by atoms with Crippen LogP contribution >= 0.6 is 0 Å². The molecule has 0 aliphatic heterocycles. The Balaban J connectivity index is 2.41. The first kappa shape index (κ1) is 15.0. The number of carbonyl (C=O) groups is 2. The van der Waals surface area contributed by atoms with Gasteiger partial charge in [0.25, 0.3) is 0 Å². The van der Waals surface area contributed by atoms with E-state index in [1.54, 1.807) is 0 Å². The Morgan fingerprint density at radius 1 is 0.722 bits per heavy atom. The minimum absolute atomic E-state index is 0.0404. The molecule has 18 heavy (non-hydrogen) atoms. The normalized spacial score (nSPS) is 26.1. The Morgan fingerprint density at radius 3 is 1.50 bits per heavy atom. The van der Waals surface area contributed by atoms with Gasteiger partial charge in [0.1, 0.15) is 12.2 Å². The molecule has 0 bridgehead atoms. The second-order valence-corrected chi connectivity index (χ2v) is 5.03. The molecule has 1 aliphatic carbocycles. The average molecular weight is 256 g/mol. The zero-order chi connectivity index (χ0) is 13.4. The molecule has 4 nitrogen and oxygen atoms in total. The summed E-state index contributed by atoms with van der Waals surface area (Å²) in [5, 5.41) is 0. The van der Waals surface area contributed by atoms with Gasteiger partial charge in [0.05, 0.1) is 0 Å². The molecule has 0 aromatic rings. The lowest BCUT2D eigenvalue weighted by Gasteiger charge is -2.22. The number of hydrogen-bond acceptors (Lipinski definition) is 4. The summed E-state index contributed by atoms with van der Waals surface area (Å²) in [6.45, 7) is 2.92. The smallest absolute Gasteiger partial charge is 0.302 e. The number of ether oxygens (including phenoxy) is 2. The first-order valence-electron chi connectivity index (χ1n) is 6.92. The third-order valence-electron chi connectivity index (χ3n) is 3.27. The van der Waals surface area contributed by atoms with E-state index in [1.165, 1.54) is 13.8 Å². The van der Waals surface area contributed by atoms with E-state index in [2.05, 4.69) is 0 Å². The molecule has 4 heteroatoms. The molecule has 0 heterocycles. The van der Waals surface area contributed by atoms with Crippen molar-refractivity contribution in [1.82, 2.24) is 0 Å². The van der Waals surface area contributed by atoms with Crippen LogP contribution < -0.4 is 0 Å². The van der Waals surface area contributed by atoms with Crippen molar-refractivity contribution < 1.29 is 19.1 Å². The van der Waals surface area contributed by atoms with Gasteiger partial charge in [0.15, 0.2) is 0 Å². The molecular weight excluding hydrogens is 232 g/mol. The van der Waals surface area contributed by atoms with Gasteiger partial charge < -0.3 is 9.47 Å². The van der Waals surface area contributed by atoms with Crippen LogP contribution in [0.3, 0.4) is 0 Å². The summed E-state index contributed by atoms with van der Waals surface area (Å²) in [4.78, 5) is 22.0. The highest BCUT2D eigenvalue weighted by Crippen LogP contribution is 2.21. The van der Waals surface area contributed by atoms with Crippen LogP contribution in [-0.4, -0.2) is 24.1 Å².